The highest BCUT2D eigenvalue weighted by atomic mass is 16.3. The maximum atomic E-state index is 10.3. The van der Waals surface area contributed by atoms with Gasteiger partial charge in [0.1, 0.15) is 0 Å². The van der Waals surface area contributed by atoms with Crippen LogP contribution in [-0.2, 0) is 0 Å². The van der Waals surface area contributed by atoms with Gasteiger partial charge in [-0.05, 0) is 50.5 Å². The third-order valence-corrected chi connectivity index (χ3v) is 4.36. The molecular weight excluding hydrogens is 224 g/mol. The van der Waals surface area contributed by atoms with Gasteiger partial charge in [0.05, 0.1) is 17.8 Å². The first-order chi connectivity index (χ1) is 8.29. The van der Waals surface area contributed by atoms with E-state index in [-0.39, 0.29) is 12.1 Å². The van der Waals surface area contributed by atoms with Crippen LogP contribution in [0.25, 0.3) is 0 Å². The summed E-state index contributed by atoms with van der Waals surface area (Å²) >= 11 is 0. The van der Waals surface area contributed by atoms with Crippen molar-refractivity contribution in [3.8, 4) is 0 Å². The first-order valence-electron chi connectivity index (χ1n) is 7.00. The van der Waals surface area contributed by atoms with E-state index in [9.17, 15) is 5.11 Å². The summed E-state index contributed by atoms with van der Waals surface area (Å²) in [6.45, 7) is 11.0. The van der Waals surface area contributed by atoms with Crippen LogP contribution in [0, 0.1) is 25.2 Å². The quantitative estimate of drug-likeness (QED) is 0.831. The van der Waals surface area contributed by atoms with Gasteiger partial charge in [-0.15, -0.1) is 0 Å². The van der Waals surface area contributed by atoms with Crippen molar-refractivity contribution in [3.05, 3.63) is 17.5 Å². The third-order valence-electron chi connectivity index (χ3n) is 4.36. The molecule has 0 amide bonds. The minimum absolute atomic E-state index is 0.150. The van der Waals surface area contributed by atoms with Crippen molar-refractivity contribution in [2.45, 2.75) is 66.0 Å². The Labute approximate surface area is 110 Å². The zero-order chi connectivity index (χ0) is 13.5. The summed E-state index contributed by atoms with van der Waals surface area (Å²) in [6.07, 6.45) is 2.81. The molecular formula is C15H26N2O. The van der Waals surface area contributed by atoms with Crippen molar-refractivity contribution >= 4 is 0 Å². The number of aromatic nitrogens is 2. The smallest absolute Gasteiger partial charge is 0.0784 e. The van der Waals surface area contributed by atoms with Crippen molar-refractivity contribution in [1.82, 2.24) is 9.78 Å². The fourth-order valence-electron chi connectivity index (χ4n) is 3.16. The molecule has 0 aromatic carbocycles. The van der Waals surface area contributed by atoms with Gasteiger partial charge in [0.2, 0.25) is 0 Å². The number of aliphatic hydroxyl groups excluding tert-OH is 1. The molecule has 1 N–H and O–H groups in total. The predicted molar refractivity (Wildman–Crippen MR) is 73.5 cm³/mol. The summed E-state index contributed by atoms with van der Waals surface area (Å²) < 4.78 is 2.04. The van der Waals surface area contributed by atoms with Gasteiger partial charge in [-0.2, -0.15) is 5.10 Å². The molecule has 3 heteroatoms. The first-order valence-corrected chi connectivity index (χ1v) is 7.00. The number of nitrogens with zero attached hydrogens (tertiary/aromatic N) is 2. The lowest BCUT2D eigenvalue weighted by Crippen LogP contribution is -2.37. The van der Waals surface area contributed by atoms with E-state index in [2.05, 4.69) is 38.9 Å². The molecule has 1 heterocycles. The van der Waals surface area contributed by atoms with Gasteiger partial charge in [0.15, 0.2) is 0 Å². The zero-order valence-electron chi connectivity index (χ0n) is 12.3. The van der Waals surface area contributed by atoms with Crippen LogP contribution in [0.3, 0.4) is 0 Å². The highest BCUT2D eigenvalue weighted by molar-refractivity contribution is 5.08. The van der Waals surface area contributed by atoms with Crippen LogP contribution >= 0.6 is 0 Å². The van der Waals surface area contributed by atoms with Crippen LogP contribution in [0.5, 0.6) is 0 Å². The molecule has 3 nitrogen and oxygen atoms in total. The summed E-state index contributed by atoms with van der Waals surface area (Å²) in [6, 6.07) is 2.24. The van der Waals surface area contributed by atoms with Crippen LogP contribution in [0.2, 0.25) is 0 Å². The lowest BCUT2D eigenvalue weighted by atomic mass is 9.70. The Hall–Kier alpha value is -0.830. The average Bonchev–Trinajstić information content (AvgIpc) is 2.56. The molecule has 0 spiro atoms. The van der Waals surface area contributed by atoms with Gasteiger partial charge in [-0.3, -0.25) is 4.68 Å². The Balaban J connectivity index is 2.23. The molecule has 1 aliphatic rings. The molecule has 102 valence electrons. The molecule has 1 fully saturated rings. The number of aliphatic hydroxyl groups is 1. The second-order valence-electron chi connectivity index (χ2n) is 6.88. The molecule has 0 bridgehead atoms. The standard InChI is InChI=1S/C15H26N2O/c1-10-8-11(2)17(16-10)13-9-12(15(3,4)5)6-7-14(13)18/h8,12-14,18H,6-7,9H2,1-5H3. The van der Waals surface area contributed by atoms with Gasteiger partial charge >= 0.3 is 0 Å². The molecule has 1 aliphatic carbocycles. The maximum Gasteiger partial charge on any atom is 0.0784 e. The van der Waals surface area contributed by atoms with E-state index < -0.39 is 0 Å². The van der Waals surface area contributed by atoms with Crippen molar-refractivity contribution in [2.75, 3.05) is 0 Å². The van der Waals surface area contributed by atoms with Crippen molar-refractivity contribution in [2.24, 2.45) is 11.3 Å². The maximum absolute atomic E-state index is 10.3. The molecule has 0 radical (unpaired) electrons. The van der Waals surface area contributed by atoms with E-state index in [0.29, 0.717) is 11.3 Å². The fraction of sp³-hybridized carbons (Fsp3) is 0.800. The minimum Gasteiger partial charge on any atom is -0.391 e. The molecule has 3 atom stereocenters. The topological polar surface area (TPSA) is 38.0 Å². The van der Waals surface area contributed by atoms with Crippen LogP contribution in [0.1, 0.15) is 57.5 Å². The summed E-state index contributed by atoms with van der Waals surface area (Å²) in [5.41, 5.74) is 2.51. The van der Waals surface area contributed by atoms with Crippen LogP contribution in [0.4, 0.5) is 0 Å². The fourth-order valence-corrected chi connectivity index (χ4v) is 3.16. The normalized spacial score (nSPS) is 29.6. The van der Waals surface area contributed by atoms with Crippen molar-refractivity contribution < 1.29 is 5.11 Å². The number of hydrogen-bond acceptors (Lipinski definition) is 2. The Morgan fingerprint density at radius 3 is 2.44 bits per heavy atom. The van der Waals surface area contributed by atoms with E-state index in [0.717, 1.165) is 30.7 Å². The second-order valence-corrected chi connectivity index (χ2v) is 6.88. The summed E-state index contributed by atoms with van der Waals surface area (Å²) in [4.78, 5) is 0. The van der Waals surface area contributed by atoms with E-state index in [1.54, 1.807) is 0 Å². The van der Waals surface area contributed by atoms with Gasteiger partial charge < -0.3 is 5.11 Å². The van der Waals surface area contributed by atoms with E-state index in [1.165, 1.54) is 0 Å². The Bertz CT molecular complexity index is 417. The molecule has 0 aliphatic heterocycles. The highest BCUT2D eigenvalue weighted by Gasteiger charge is 2.36. The summed E-state index contributed by atoms with van der Waals surface area (Å²) in [5.74, 6) is 0.662. The van der Waals surface area contributed by atoms with E-state index in [4.69, 9.17) is 0 Å². The Morgan fingerprint density at radius 2 is 1.94 bits per heavy atom. The Morgan fingerprint density at radius 1 is 1.28 bits per heavy atom. The largest absolute Gasteiger partial charge is 0.391 e. The number of rotatable bonds is 1. The summed E-state index contributed by atoms with van der Waals surface area (Å²) in [5, 5.41) is 14.8. The average molecular weight is 250 g/mol. The SMILES string of the molecule is Cc1cc(C)n(C2CC(C(C)(C)C)CCC2O)n1. The lowest BCUT2D eigenvalue weighted by molar-refractivity contribution is 0.0196. The Kier molecular flexibility index (Phi) is 3.54. The van der Waals surface area contributed by atoms with Gasteiger partial charge in [-0.1, -0.05) is 20.8 Å². The molecule has 18 heavy (non-hydrogen) atoms. The van der Waals surface area contributed by atoms with Gasteiger partial charge in [-0.25, -0.2) is 0 Å². The number of aryl methyl sites for hydroxylation is 2. The minimum atomic E-state index is -0.249. The predicted octanol–water partition coefficient (Wildman–Crippen LogP) is 3.25. The second kappa shape index (κ2) is 4.69. The van der Waals surface area contributed by atoms with Gasteiger partial charge in [0, 0.05) is 5.69 Å². The molecule has 1 aromatic rings. The van der Waals surface area contributed by atoms with E-state index >= 15 is 0 Å². The van der Waals surface area contributed by atoms with Crippen LogP contribution in [-0.4, -0.2) is 21.0 Å². The van der Waals surface area contributed by atoms with Crippen LogP contribution in [0.15, 0.2) is 6.07 Å². The monoisotopic (exact) mass is 250 g/mol. The first kappa shape index (κ1) is 13.6. The van der Waals surface area contributed by atoms with Crippen LogP contribution < -0.4 is 0 Å². The highest BCUT2D eigenvalue weighted by Crippen LogP contribution is 2.42. The van der Waals surface area contributed by atoms with Crippen molar-refractivity contribution in [3.63, 3.8) is 0 Å². The third kappa shape index (κ3) is 2.61. The van der Waals surface area contributed by atoms with Gasteiger partial charge in [0.25, 0.3) is 0 Å². The van der Waals surface area contributed by atoms with Crippen molar-refractivity contribution in [1.29, 1.82) is 0 Å². The molecule has 0 saturated heterocycles. The lowest BCUT2D eigenvalue weighted by Gasteiger charge is -2.40. The molecule has 2 rings (SSSR count). The molecule has 1 saturated carbocycles. The number of hydrogen-bond donors (Lipinski definition) is 1. The zero-order valence-corrected chi connectivity index (χ0v) is 12.3. The molecule has 3 unspecified atom stereocenters. The summed E-state index contributed by atoms with van der Waals surface area (Å²) in [7, 11) is 0. The van der Waals surface area contributed by atoms with E-state index in [1.807, 2.05) is 11.6 Å². The molecule has 1 aromatic heterocycles.